The summed E-state index contributed by atoms with van der Waals surface area (Å²) in [5.74, 6) is -0.0611. The molecule has 1 saturated heterocycles. The molecule has 21 heavy (non-hydrogen) atoms. The fraction of sp³-hybridized carbons (Fsp3) is 0.562. The third-order valence-corrected chi connectivity index (χ3v) is 4.81. The first-order valence-electron chi connectivity index (χ1n) is 7.51. The van der Waals surface area contributed by atoms with Gasteiger partial charge in [0.05, 0.1) is 17.6 Å². The number of ether oxygens (including phenoxy) is 1. The quantitative estimate of drug-likeness (QED) is 0.757. The van der Waals surface area contributed by atoms with Gasteiger partial charge in [-0.25, -0.2) is 0 Å². The molecule has 114 valence electrons. The second kappa shape index (κ2) is 5.75. The van der Waals surface area contributed by atoms with E-state index in [2.05, 4.69) is 5.32 Å². The number of amides is 1. The van der Waals surface area contributed by atoms with E-state index in [9.17, 15) is 9.90 Å². The molecule has 3 rings (SSSR count). The van der Waals surface area contributed by atoms with Gasteiger partial charge in [0.1, 0.15) is 0 Å². The van der Waals surface area contributed by atoms with Crippen LogP contribution in [0, 0.1) is 5.41 Å². The third kappa shape index (κ3) is 2.57. The summed E-state index contributed by atoms with van der Waals surface area (Å²) in [4.78, 5) is 12.7. The number of aliphatic hydroxyl groups is 1. The van der Waals surface area contributed by atoms with E-state index in [1.54, 1.807) is 0 Å². The average molecular weight is 290 g/mol. The van der Waals surface area contributed by atoms with Gasteiger partial charge in [-0.3, -0.25) is 4.79 Å². The molecule has 0 aromatic heterocycles. The molecule has 0 radical (unpaired) electrons. The molecule has 0 saturated carbocycles. The number of benzene rings is 1. The molecule has 1 heterocycles. The monoisotopic (exact) mass is 290 g/mol. The summed E-state index contributed by atoms with van der Waals surface area (Å²) in [7, 11) is 0. The third-order valence-electron chi connectivity index (χ3n) is 4.81. The van der Waals surface area contributed by atoms with E-state index < -0.39 is 11.5 Å². The summed E-state index contributed by atoms with van der Waals surface area (Å²) < 4.78 is 5.34. The first kappa shape index (κ1) is 14.5. The van der Waals surface area contributed by atoms with Crippen LogP contribution in [0.2, 0.25) is 0 Å². The van der Waals surface area contributed by atoms with Crippen molar-refractivity contribution < 1.29 is 14.6 Å². The molecule has 5 nitrogen and oxygen atoms in total. The van der Waals surface area contributed by atoms with E-state index >= 15 is 0 Å². The molecule has 2 atom stereocenters. The predicted molar refractivity (Wildman–Crippen MR) is 78.6 cm³/mol. The van der Waals surface area contributed by atoms with E-state index in [-0.39, 0.29) is 11.9 Å². The summed E-state index contributed by atoms with van der Waals surface area (Å²) in [6.07, 6.45) is 1.29. The van der Waals surface area contributed by atoms with Crippen molar-refractivity contribution in [2.24, 2.45) is 11.1 Å². The smallest absolute Gasteiger partial charge is 0.228 e. The molecule has 1 aromatic rings. The Morgan fingerprint density at radius 2 is 2.10 bits per heavy atom. The van der Waals surface area contributed by atoms with Crippen molar-refractivity contribution in [2.45, 2.75) is 31.4 Å². The fourth-order valence-electron chi connectivity index (χ4n) is 3.33. The summed E-state index contributed by atoms with van der Waals surface area (Å²) in [5.41, 5.74) is 7.42. The standard InChI is InChI=1S/C16H22N2O3/c17-10-16(5-7-21-8-6-16)15(20)18-14-12-4-2-1-3-11(12)9-13(14)19/h1-4,13-14,19H,5-10,17H2,(H,18,20)/t13-,14+/m0/s1. The highest BCUT2D eigenvalue weighted by atomic mass is 16.5. The van der Waals surface area contributed by atoms with Gasteiger partial charge in [-0.15, -0.1) is 0 Å². The highest BCUT2D eigenvalue weighted by Gasteiger charge is 2.41. The van der Waals surface area contributed by atoms with Crippen LogP contribution in [0.25, 0.3) is 0 Å². The number of carbonyl (C=O) groups is 1. The van der Waals surface area contributed by atoms with Crippen molar-refractivity contribution >= 4 is 5.91 Å². The number of rotatable bonds is 3. The van der Waals surface area contributed by atoms with Crippen LogP contribution in [-0.2, 0) is 16.0 Å². The summed E-state index contributed by atoms with van der Waals surface area (Å²) >= 11 is 0. The zero-order valence-electron chi connectivity index (χ0n) is 12.0. The van der Waals surface area contributed by atoms with Crippen LogP contribution in [0.1, 0.15) is 30.0 Å². The molecule has 4 N–H and O–H groups in total. The molecule has 1 aliphatic carbocycles. The van der Waals surface area contributed by atoms with Gasteiger partial charge in [0, 0.05) is 26.2 Å². The minimum Gasteiger partial charge on any atom is -0.390 e. The summed E-state index contributed by atoms with van der Waals surface area (Å²) in [6.45, 7) is 1.44. The zero-order valence-corrected chi connectivity index (χ0v) is 12.0. The van der Waals surface area contributed by atoms with E-state index in [1.165, 1.54) is 0 Å². The van der Waals surface area contributed by atoms with E-state index in [0.717, 1.165) is 11.1 Å². The van der Waals surface area contributed by atoms with Crippen molar-refractivity contribution in [1.82, 2.24) is 5.32 Å². The second-order valence-electron chi connectivity index (χ2n) is 6.02. The Morgan fingerprint density at radius 1 is 1.38 bits per heavy atom. The van der Waals surface area contributed by atoms with Crippen LogP contribution in [0.4, 0.5) is 0 Å². The van der Waals surface area contributed by atoms with Crippen LogP contribution < -0.4 is 11.1 Å². The zero-order chi connectivity index (χ0) is 14.9. The van der Waals surface area contributed by atoms with Gasteiger partial charge in [0.15, 0.2) is 0 Å². The molecule has 1 fully saturated rings. The highest BCUT2D eigenvalue weighted by Crippen LogP contribution is 2.34. The predicted octanol–water partition coefficient (Wildman–Crippen LogP) is 0.516. The second-order valence-corrected chi connectivity index (χ2v) is 6.02. The Kier molecular flexibility index (Phi) is 3.97. The number of hydrogen-bond donors (Lipinski definition) is 3. The SMILES string of the molecule is NCC1(C(=O)N[C@@H]2c3ccccc3C[C@@H]2O)CCOCC1. The molecule has 1 amide bonds. The maximum absolute atomic E-state index is 12.7. The lowest BCUT2D eigenvalue weighted by Gasteiger charge is -2.36. The molecule has 1 aromatic carbocycles. The largest absolute Gasteiger partial charge is 0.390 e. The van der Waals surface area contributed by atoms with Crippen molar-refractivity contribution in [3.8, 4) is 0 Å². The topological polar surface area (TPSA) is 84.6 Å². The normalized spacial score (nSPS) is 27.1. The first-order chi connectivity index (χ1) is 10.2. The van der Waals surface area contributed by atoms with Crippen molar-refractivity contribution in [2.75, 3.05) is 19.8 Å². The fourth-order valence-corrected chi connectivity index (χ4v) is 3.33. The molecule has 2 aliphatic rings. The Bertz CT molecular complexity index is 526. The van der Waals surface area contributed by atoms with Crippen LogP contribution in [0.3, 0.4) is 0 Å². The Labute approximate surface area is 124 Å². The van der Waals surface area contributed by atoms with Gasteiger partial charge in [-0.1, -0.05) is 24.3 Å². The van der Waals surface area contributed by atoms with Crippen molar-refractivity contribution in [3.63, 3.8) is 0 Å². The minimum absolute atomic E-state index is 0.0611. The maximum atomic E-state index is 12.7. The van der Waals surface area contributed by atoms with Crippen molar-refractivity contribution in [1.29, 1.82) is 0 Å². The van der Waals surface area contributed by atoms with Crippen LogP contribution in [-0.4, -0.2) is 36.9 Å². The number of nitrogens with two attached hydrogens (primary N) is 1. The van der Waals surface area contributed by atoms with Crippen LogP contribution >= 0.6 is 0 Å². The minimum atomic E-state index is -0.569. The molecule has 0 bridgehead atoms. The van der Waals surface area contributed by atoms with Crippen LogP contribution in [0.15, 0.2) is 24.3 Å². The first-order valence-corrected chi connectivity index (χ1v) is 7.51. The molecular weight excluding hydrogens is 268 g/mol. The van der Waals surface area contributed by atoms with E-state index in [4.69, 9.17) is 10.5 Å². The number of fused-ring (bicyclic) bond motifs is 1. The molecule has 0 spiro atoms. The van der Waals surface area contributed by atoms with Crippen molar-refractivity contribution in [3.05, 3.63) is 35.4 Å². The molecule has 0 unspecified atom stereocenters. The Hall–Kier alpha value is -1.43. The van der Waals surface area contributed by atoms with E-state index in [1.807, 2.05) is 24.3 Å². The highest BCUT2D eigenvalue weighted by molar-refractivity contribution is 5.83. The lowest BCUT2D eigenvalue weighted by Crippen LogP contribution is -2.51. The number of hydrogen-bond acceptors (Lipinski definition) is 4. The molecule has 5 heteroatoms. The van der Waals surface area contributed by atoms with Gasteiger partial charge in [-0.2, -0.15) is 0 Å². The summed E-state index contributed by atoms with van der Waals surface area (Å²) in [6, 6.07) is 7.52. The average Bonchev–Trinajstić information content (AvgIpc) is 2.84. The van der Waals surface area contributed by atoms with Gasteiger partial charge in [-0.05, 0) is 24.0 Å². The van der Waals surface area contributed by atoms with Gasteiger partial charge in [0.2, 0.25) is 5.91 Å². The summed E-state index contributed by atoms with van der Waals surface area (Å²) in [5, 5.41) is 13.3. The van der Waals surface area contributed by atoms with Gasteiger partial charge in [0.25, 0.3) is 0 Å². The molecule has 1 aliphatic heterocycles. The number of aliphatic hydroxyl groups excluding tert-OH is 1. The van der Waals surface area contributed by atoms with Gasteiger partial charge < -0.3 is 20.9 Å². The number of nitrogens with one attached hydrogen (secondary N) is 1. The van der Waals surface area contributed by atoms with Crippen LogP contribution in [0.5, 0.6) is 0 Å². The lowest BCUT2D eigenvalue weighted by atomic mass is 9.79. The van der Waals surface area contributed by atoms with E-state index in [0.29, 0.717) is 39.0 Å². The Balaban J connectivity index is 1.78. The number of carbonyl (C=O) groups excluding carboxylic acids is 1. The molecular formula is C16H22N2O3. The Morgan fingerprint density at radius 3 is 2.81 bits per heavy atom. The van der Waals surface area contributed by atoms with Gasteiger partial charge >= 0.3 is 0 Å². The lowest BCUT2D eigenvalue weighted by molar-refractivity contribution is -0.137. The maximum Gasteiger partial charge on any atom is 0.228 e.